The second-order valence-corrected chi connectivity index (χ2v) is 9.00. The minimum Gasteiger partial charge on any atom is -0.493 e. The van der Waals surface area contributed by atoms with Crippen LogP contribution in [0, 0.1) is 6.92 Å². The lowest BCUT2D eigenvalue weighted by atomic mass is 10.1. The van der Waals surface area contributed by atoms with E-state index in [9.17, 15) is 13.2 Å². The molecule has 0 saturated carbocycles. The number of ether oxygens (including phenoxy) is 1. The third kappa shape index (κ3) is 5.52. The normalized spacial score (nSPS) is 11.2. The Morgan fingerprint density at radius 1 is 0.903 bits per heavy atom. The maximum atomic E-state index is 13.3. The van der Waals surface area contributed by atoms with Crippen LogP contribution < -0.4 is 9.04 Å². The summed E-state index contributed by atoms with van der Waals surface area (Å²) in [6.07, 6.45) is 1.28. The van der Waals surface area contributed by atoms with Gasteiger partial charge in [-0.1, -0.05) is 55.5 Å². The van der Waals surface area contributed by atoms with Gasteiger partial charge in [0.1, 0.15) is 5.75 Å². The van der Waals surface area contributed by atoms with Gasteiger partial charge in [-0.25, -0.2) is 12.7 Å². The molecule has 0 fully saturated rings. The molecule has 6 heteroatoms. The van der Waals surface area contributed by atoms with Crippen LogP contribution in [0.5, 0.6) is 5.75 Å². The first-order valence-corrected chi connectivity index (χ1v) is 11.8. The minimum absolute atomic E-state index is 0.0491. The highest BCUT2D eigenvalue weighted by atomic mass is 32.2. The molecule has 162 valence electrons. The van der Waals surface area contributed by atoms with Gasteiger partial charge in [0.05, 0.1) is 17.2 Å². The molecule has 0 N–H and O–H groups in total. The Morgan fingerprint density at radius 3 is 2.19 bits per heavy atom. The lowest BCUT2D eigenvalue weighted by Crippen LogP contribution is -2.37. The fraction of sp³-hybridized carbons (Fsp3) is 0.240. The van der Waals surface area contributed by atoms with Gasteiger partial charge in [0.25, 0.3) is 10.0 Å². The fourth-order valence-corrected chi connectivity index (χ4v) is 4.68. The summed E-state index contributed by atoms with van der Waals surface area (Å²) < 4.78 is 33.3. The summed E-state index contributed by atoms with van der Waals surface area (Å²) in [6, 6.07) is 22.7. The first kappa shape index (κ1) is 22.6. The molecular formula is C25H27NO4S. The summed E-state index contributed by atoms with van der Waals surface area (Å²) in [5.41, 5.74) is 2.42. The number of rotatable bonds is 9. The van der Waals surface area contributed by atoms with Crippen molar-refractivity contribution < 1.29 is 17.9 Å². The monoisotopic (exact) mass is 437 g/mol. The van der Waals surface area contributed by atoms with Gasteiger partial charge in [-0.2, -0.15) is 0 Å². The van der Waals surface area contributed by atoms with Crippen molar-refractivity contribution >= 4 is 21.6 Å². The largest absolute Gasteiger partial charge is 0.493 e. The van der Waals surface area contributed by atoms with E-state index in [1.807, 2.05) is 50.2 Å². The van der Waals surface area contributed by atoms with E-state index in [1.54, 1.807) is 30.3 Å². The molecule has 3 aromatic carbocycles. The lowest BCUT2D eigenvalue weighted by Gasteiger charge is -2.23. The number of carbonyl (C=O) groups is 1. The van der Waals surface area contributed by atoms with Crippen LogP contribution in [0.2, 0.25) is 0 Å². The number of benzene rings is 3. The third-order valence-electron chi connectivity index (χ3n) is 4.97. The predicted molar refractivity (Wildman–Crippen MR) is 123 cm³/mol. The Labute approximate surface area is 184 Å². The average molecular weight is 438 g/mol. The van der Waals surface area contributed by atoms with Crippen LogP contribution in [-0.2, 0) is 21.2 Å². The maximum Gasteiger partial charge on any atom is 0.270 e. The molecule has 0 saturated heterocycles. The first-order valence-electron chi connectivity index (χ1n) is 10.3. The number of amides is 1. The Balaban J connectivity index is 1.78. The van der Waals surface area contributed by atoms with Gasteiger partial charge >= 0.3 is 0 Å². The van der Waals surface area contributed by atoms with E-state index in [0.717, 1.165) is 27.6 Å². The van der Waals surface area contributed by atoms with Crippen LogP contribution >= 0.6 is 0 Å². The highest BCUT2D eigenvalue weighted by molar-refractivity contribution is 7.93. The molecule has 0 aliphatic carbocycles. The van der Waals surface area contributed by atoms with Crippen LogP contribution in [0.25, 0.3) is 0 Å². The highest BCUT2D eigenvalue weighted by Crippen LogP contribution is 2.26. The predicted octanol–water partition coefficient (Wildman–Crippen LogP) is 5.14. The molecular weight excluding hydrogens is 410 g/mol. The lowest BCUT2D eigenvalue weighted by molar-refractivity contribution is -0.117. The molecule has 0 aliphatic heterocycles. The van der Waals surface area contributed by atoms with Crippen LogP contribution in [0.1, 0.15) is 30.9 Å². The SMILES string of the molecule is CCc1ccc(N(C(=O)CCCOc2ccccc2C)S(=O)(=O)c2ccccc2)cc1. The second-order valence-electron chi connectivity index (χ2n) is 7.21. The van der Waals surface area contributed by atoms with Gasteiger partial charge in [-0.15, -0.1) is 0 Å². The van der Waals surface area contributed by atoms with E-state index >= 15 is 0 Å². The van der Waals surface area contributed by atoms with Gasteiger partial charge < -0.3 is 4.74 Å². The highest BCUT2D eigenvalue weighted by Gasteiger charge is 2.30. The van der Waals surface area contributed by atoms with Crippen molar-refractivity contribution in [1.82, 2.24) is 0 Å². The van der Waals surface area contributed by atoms with E-state index < -0.39 is 15.9 Å². The number of hydrogen-bond donors (Lipinski definition) is 0. The van der Waals surface area contributed by atoms with E-state index in [4.69, 9.17) is 4.74 Å². The number of para-hydroxylation sites is 1. The summed E-state index contributed by atoms with van der Waals surface area (Å²) in [4.78, 5) is 13.2. The molecule has 31 heavy (non-hydrogen) atoms. The van der Waals surface area contributed by atoms with Crippen molar-refractivity contribution in [2.24, 2.45) is 0 Å². The van der Waals surface area contributed by atoms with Gasteiger partial charge in [0, 0.05) is 6.42 Å². The number of aryl methyl sites for hydroxylation is 2. The van der Waals surface area contributed by atoms with Crippen molar-refractivity contribution in [2.75, 3.05) is 10.9 Å². The molecule has 5 nitrogen and oxygen atoms in total. The van der Waals surface area contributed by atoms with Crippen molar-refractivity contribution in [2.45, 2.75) is 38.0 Å². The molecule has 3 aromatic rings. The summed E-state index contributed by atoms with van der Waals surface area (Å²) in [6.45, 7) is 4.30. The topological polar surface area (TPSA) is 63.7 Å². The zero-order chi connectivity index (χ0) is 22.3. The summed E-state index contributed by atoms with van der Waals surface area (Å²) >= 11 is 0. The van der Waals surface area contributed by atoms with Gasteiger partial charge in [-0.05, 0) is 61.2 Å². The van der Waals surface area contributed by atoms with E-state index in [1.165, 1.54) is 12.1 Å². The molecule has 0 radical (unpaired) electrons. The molecule has 0 heterocycles. The Kier molecular flexibility index (Phi) is 7.47. The Morgan fingerprint density at radius 2 is 1.55 bits per heavy atom. The Bertz CT molecular complexity index is 1110. The van der Waals surface area contributed by atoms with E-state index in [-0.39, 0.29) is 11.3 Å². The van der Waals surface area contributed by atoms with Gasteiger partial charge in [-0.3, -0.25) is 4.79 Å². The van der Waals surface area contributed by atoms with Gasteiger partial charge in [0.2, 0.25) is 5.91 Å². The van der Waals surface area contributed by atoms with Crippen molar-refractivity contribution in [1.29, 1.82) is 0 Å². The number of carbonyl (C=O) groups excluding carboxylic acids is 1. The van der Waals surface area contributed by atoms with Gasteiger partial charge in [0.15, 0.2) is 0 Å². The average Bonchev–Trinajstić information content (AvgIpc) is 2.79. The molecule has 1 amide bonds. The van der Waals surface area contributed by atoms with E-state index in [2.05, 4.69) is 0 Å². The molecule has 0 bridgehead atoms. The molecule has 0 aliphatic rings. The standard InChI is InChI=1S/C25H27NO4S/c1-3-21-15-17-22(18-16-21)26(31(28,29)23-11-5-4-6-12-23)25(27)14-9-19-30-24-13-8-7-10-20(24)2/h4-8,10-13,15-18H,3,9,14,19H2,1-2H3. The summed E-state index contributed by atoms with van der Waals surface area (Å²) in [7, 11) is -4.03. The number of anilines is 1. The van der Waals surface area contributed by atoms with Crippen LogP contribution in [0.4, 0.5) is 5.69 Å². The van der Waals surface area contributed by atoms with Crippen molar-refractivity contribution in [3.63, 3.8) is 0 Å². The first-order chi connectivity index (χ1) is 14.9. The zero-order valence-electron chi connectivity index (χ0n) is 17.8. The molecule has 0 atom stereocenters. The Hall–Kier alpha value is -3.12. The van der Waals surface area contributed by atoms with Crippen LogP contribution in [0.3, 0.4) is 0 Å². The number of nitrogens with zero attached hydrogens (tertiary/aromatic N) is 1. The smallest absolute Gasteiger partial charge is 0.270 e. The van der Waals surface area contributed by atoms with Crippen LogP contribution in [0.15, 0.2) is 83.8 Å². The quantitative estimate of drug-likeness (QED) is 0.435. The molecule has 0 unspecified atom stereocenters. The fourth-order valence-electron chi connectivity index (χ4n) is 3.21. The number of hydrogen-bond acceptors (Lipinski definition) is 4. The minimum atomic E-state index is -4.03. The second kappa shape index (κ2) is 10.3. The molecule has 0 spiro atoms. The van der Waals surface area contributed by atoms with Crippen molar-refractivity contribution in [3.05, 3.63) is 90.0 Å². The van der Waals surface area contributed by atoms with E-state index in [0.29, 0.717) is 18.7 Å². The van der Waals surface area contributed by atoms with Crippen LogP contribution in [-0.4, -0.2) is 20.9 Å². The van der Waals surface area contributed by atoms with Crippen molar-refractivity contribution in [3.8, 4) is 5.75 Å². The maximum absolute atomic E-state index is 13.3. The molecule has 3 rings (SSSR count). The summed E-state index contributed by atoms with van der Waals surface area (Å²) in [5, 5.41) is 0. The summed E-state index contributed by atoms with van der Waals surface area (Å²) in [5.74, 6) is 0.278. The molecule has 0 aromatic heterocycles. The third-order valence-corrected chi connectivity index (χ3v) is 6.74. The zero-order valence-corrected chi connectivity index (χ0v) is 18.6. The number of sulfonamides is 1.